The summed E-state index contributed by atoms with van der Waals surface area (Å²) in [5.41, 5.74) is 7.18. The molecule has 0 fully saturated rings. The number of anilines is 2. The summed E-state index contributed by atoms with van der Waals surface area (Å²) in [6, 6.07) is 5.06. The van der Waals surface area contributed by atoms with E-state index in [0.29, 0.717) is 22.8 Å². The Morgan fingerprint density at radius 1 is 1.38 bits per heavy atom. The predicted molar refractivity (Wildman–Crippen MR) is 90.7 cm³/mol. The van der Waals surface area contributed by atoms with Gasteiger partial charge in [0.1, 0.15) is 0 Å². The number of hydrogen-bond donors (Lipinski definition) is 2. The SMILES string of the molecule is CN(CCCC(=O)Nc1cc(Cl)ccc1N)CC(C)(C)C. The van der Waals surface area contributed by atoms with E-state index in [1.54, 1.807) is 18.2 Å². The average Bonchev–Trinajstić information content (AvgIpc) is 2.31. The molecule has 1 rings (SSSR count). The molecule has 0 unspecified atom stereocenters. The fourth-order valence-electron chi connectivity index (χ4n) is 2.25. The second kappa shape index (κ2) is 7.66. The van der Waals surface area contributed by atoms with Gasteiger partial charge in [-0.25, -0.2) is 0 Å². The zero-order valence-corrected chi connectivity index (χ0v) is 14.1. The van der Waals surface area contributed by atoms with Gasteiger partial charge in [-0.15, -0.1) is 0 Å². The second-order valence-electron chi connectivity index (χ2n) is 6.68. The molecule has 0 radical (unpaired) electrons. The molecular weight excluding hydrogens is 286 g/mol. The Morgan fingerprint density at radius 3 is 2.67 bits per heavy atom. The van der Waals surface area contributed by atoms with Gasteiger partial charge in [0.2, 0.25) is 5.91 Å². The fraction of sp³-hybridized carbons (Fsp3) is 0.562. The molecule has 0 aromatic heterocycles. The van der Waals surface area contributed by atoms with Crippen LogP contribution >= 0.6 is 11.6 Å². The summed E-state index contributed by atoms with van der Waals surface area (Å²) in [5, 5.41) is 3.37. The molecule has 3 N–H and O–H groups in total. The maximum Gasteiger partial charge on any atom is 0.224 e. The highest BCUT2D eigenvalue weighted by Gasteiger charge is 2.13. The van der Waals surface area contributed by atoms with Gasteiger partial charge in [-0.2, -0.15) is 0 Å². The summed E-state index contributed by atoms with van der Waals surface area (Å²) in [4.78, 5) is 14.2. The predicted octanol–water partition coefficient (Wildman–Crippen LogP) is 3.62. The van der Waals surface area contributed by atoms with E-state index in [4.69, 9.17) is 17.3 Å². The maximum atomic E-state index is 11.9. The molecule has 1 aromatic carbocycles. The summed E-state index contributed by atoms with van der Waals surface area (Å²) in [7, 11) is 2.08. The first-order chi connectivity index (χ1) is 9.67. The van der Waals surface area contributed by atoms with Crippen LogP contribution in [0.2, 0.25) is 5.02 Å². The Kier molecular flexibility index (Phi) is 6.49. The van der Waals surface area contributed by atoms with Crippen molar-refractivity contribution in [2.75, 3.05) is 31.2 Å². The van der Waals surface area contributed by atoms with Gasteiger partial charge in [-0.05, 0) is 43.6 Å². The van der Waals surface area contributed by atoms with Crippen LogP contribution < -0.4 is 11.1 Å². The van der Waals surface area contributed by atoms with E-state index in [1.165, 1.54) is 0 Å². The molecule has 0 aliphatic heterocycles. The van der Waals surface area contributed by atoms with Gasteiger partial charge in [0.05, 0.1) is 11.4 Å². The van der Waals surface area contributed by atoms with Crippen LogP contribution in [0, 0.1) is 5.41 Å². The van der Waals surface area contributed by atoms with Crippen molar-refractivity contribution < 1.29 is 4.79 Å². The number of nitrogens with two attached hydrogens (primary N) is 1. The second-order valence-corrected chi connectivity index (χ2v) is 7.12. The lowest BCUT2D eigenvalue weighted by molar-refractivity contribution is -0.116. The third-order valence-corrected chi connectivity index (χ3v) is 3.21. The molecule has 0 saturated carbocycles. The van der Waals surface area contributed by atoms with Gasteiger partial charge in [-0.3, -0.25) is 4.79 Å². The van der Waals surface area contributed by atoms with Gasteiger partial charge in [0, 0.05) is 18.0 Å². The van der Waals surface area contributed by atoms with Crippen LogP contribution in [0.4, 0.5) is 11.4 Å². The van der Waals surface area contributed by atoms with Crippen molar-refractivity contribution in [3.63, 3.8) is 0 Å². The fourth-order valence-corrected chi connectivity index (χ4v) is 2.42. The topological polar surface area (TPSA) is 58.4 Å². The molecule has 0 aliphatic carbocycles. The molecule has 0 atom stereocenters. The summed E-state index contributed by atoms with van der Waals surface area (Å²) in [5.74, 6) is -0.0341. The number of nitrogens with one attached hydrogen (secondary N) is 1. The van der Waals surface area contributed by atoms with Gasteiger partial charge >= 0.3 is 0 Å². The number of rotatable bonds is 6. The van der Waals surface area contributed by atoms with E-state index in [2.05, 4.69) is 38.0 Å². The van der Waals surface area contributed by atoms with Crippen molar-refractivity contribution in [1.29, 1.82) is 0 Å². The van der Waals surface area contributed by atoms with E-state index in [9.17, 15) is 4.79 Å². The third kappa shape index (κ3) is 7.34. The number of carbonyl (C=O) groups excluding carboxylic acids is 1. The number of benzene rings is 1. The monoisotopic (exact) mass is 311 g/mol. The smallest absolute Gasteiger partial charge is 0.224 e. The normalized spacial score (nSPS) is 11.7. The van der Waals surface area contributed by atoms with Crippen LogP contribution in [0.1, 0.15) is 33.6 Å². The largest absolute Gasteiger partial charge is 0.397 e. The van der Waals surface area contributed by atoms with Crippen molar-refractivity contribution >= 4 is 28.9 Å². The molecule has 1 amide bonds. The number of amides is 1. The standard InChI is InChI=1S/C16H26ClN3O/c1-16(2,3)11-20(4)9-5-6-15(21)19-14-10-12(17)7-8-13(14)18/h7-8,10H,5-6,9,11,18H2,1-4H3,(H,19,21). The Morgan fingerprint density at radius 2 is 2.05 bits per heavy atom. The molecule has 1 aromatic rings. The lowest BCUT2D eigenvalue weighted by atomic mass is 9.96. The van der Waals surface area contributed by atoms with E-state index < -0.39 is 0 Å². The Labute approximate surface area is 132 Å². The van der Waals surface area contributed by atoms with Crippen LogP contribution in [-0.4, -0.2) is 30.9 Å². The Hall–Kier alpha value is -1.26. The summed E-state index contributed by atoms with van der Waals surface area (Å²) in [6.07, 6.45) is 1.29. The first kappa shape index (κ1) is 17.8. The molecule has 0 spiro atoms. The number of halogens is 1. The highest BCUT2D eigenvalue weighted by atomic mass is 35.5. The summed E-state index contributed by atoms with van der Waals surface area (Å²) in [6.45, 7) is 8.53. The Balaban J connectivity index is 2.36. The van der Waals surface area contributed by atoms with Crippen molar-refractivity contribution in [2.45, 2.75) is 33.6 Å². The van der Waals surface area contributed by atoms with Crippen molar-refractivity contribution in [3.05, 3.63) is 23.2 Å². The number of nitrogen functional groups attached to an aromatic ring is 1. The van der Waals surface area contributed by atoms with Gasteiger partial charge in [0.15, 0.2) is 0 Å². The number of nitrogens with zero attached hydrogens (tertiary/aromatic N) is 1. The zero-order valence-electron chi connectivity index (χ0n) is 13.4. The average molecular weight is 312 g/mol. The van der Waals surface area contributed by atoms with Crippen molar-refractivity contribution in [1.82, 2.24) is 4.90 Å². The zero-order chi connectivity index (χ0) is 16.0. The molecule has 118 valence electrons. The molecule has 0 saturated heterocycles. The first-order valence-electron chi connectivity index (χ1n) is 7.21. The van der Waals surface area contributed by atoms with Gasteiger partial charge in [0.25, 0.3) is 0 Å². The van der Waals surface area contributed by atoms with Crippen molar-refractivity contribution in [2.24, 2.45) is 5.41 Å². The summed E-state index contributed by atoms with van der Waals surface area (Å²) < 4.78 is 0. The molecule has 0 heterocycles. The molecule has 4 nitrogen and oxygen atoms in total. The molecule has 0 aliphatic rings. The molecule has 5 heteroatoms. The van der Waals surface area contributed by atoms with E-state index in [0.717, 1.165) is 19.5 Å². The summed E-state index contributed by atoms with van der Waals surface area (Å²) >= 11 is 5.89. The Bertz CT molecular complexity index is 483. The van der Waals surface area contributed by atoms with E-state index in [-0.39, 0.29) is 11.3 Å². The van der Waals surface area contributed by atoms with Gasteiger partial charge in [-0.1, -0.05) is 32.4 Å². The van der Waals surface area contributed by atoms with Crippen LogP contribution in [0.25, 0.3) is 0 Å². The lowest BCUT2D eigenvalue weighted by Crippen LogP contribution is -2.30. The molecular formula is C16H26ClN3O. The third-order valence-electron chi connectivity index (χ3n) is 2.98. The lowest BCUT2D eigenvalue weighted by Gasteiger charge is -2.26. The molecule has 0 bridgehead atoms. The van der Waals surface area contributed by atoms with Crippen LogP contribution in [0.3, 0.4) is 0 Å². The molecule has 21 heavy (non-hydrogen) atoms. The minimum atomic E-state index is -0.0341. The van der Waals surface area contributed by atoms with E-state index >= 15 is 0 Å². The first-order valence-corrected chi connectivity index (χ1v) is 7.58. The van der Waals surface area contributed by atoms with Gasteiger partial charge < -0.3 is 16.0 Å². The minimum Gasteiger partial charge on any atom is -0.397 e. The quantitative estimate of drug-likeness (QED) is 0.789. The van der Waals surface area contributed by atoms with Crippen LogP contribution in [0.15, 0.2) is 18.2 Å². The van der Waals surface area contributed by atoms with Crippen LogP contribution in [0.5, 0.6) is 0 Å². The highest BCUT2D eigenvalue weighted by Crippen LogP contribution is 2.23. The number of hydrogen-bond acceptors (Lipinski definition) is 3. The maximum absolute atomic E-state index is 11.9. The number of carbonyl (C=O) groups is 1. The van der Waals surface area contributed by atoms with E-state index in [1.807, 2.05) is 0 Å². The van der Waals surface area contributed by atoms with Crippen molar-refractivity contribution in [3.8, 4) is 0 Å². The highest BCUT2D eigenvalue weighted by molar-refractivity contribution is 6.31. The van der Waals surface area contributed by atoms with Crippen LogP contribution in [-0.2, 0) is 4.79 Å². The minimum absolute atomic E-state index is 0.0341.